The largest absolute Gasteiger partial charge is 0.497 e. The maximum absolute atomic E-state index is 12.0. The molecule has 0 saturated heterocycles. The SMILES string of the molecule is COc1cccc(CCNC(=O)CC(C)c2cccnc2)c1. The molecule has 2 rings (SSSR count). The Morgan fingerprint density at radius 3 is 2.91 bits per heavy atom. The quantitative estimate of drug-likeness (QED) is 0.855. The first-order valence-electron chi connectivity index (χ1n) is 7.48. The molecule has 1 atom stereocenters. The Kier molecular flexibility index (Phi) is 5.95. The van der Waals surface area contributed by atoms with Gasteiger partial charge in [-0.05, 0) is 41.7 Å². The molecule has 1 heterocycles. The number of nitrogens with zero attached hydrogens (tertiary/aromatic N) is 1. The summed E-state index contributed by atoms with van der Waals surface area (Å²) < 4.78 is 5.19. The van der Waals surface area contributed by atoms with Gasteiger partial charge in [-0.15, -0.1) is 0 Å². The molecule has 0 spiro atoms. The highest BCUT2D eigenvalue weighted by atomic mass is 16.5. The van der Waals surface area contributed by atoms with E-state index in [-0.39, 0.29) is 11.8 Å². The van der Waals surface area contributed by atoms with Crippen LogP contribution in [0, 0.1) is 0 Å². The predicted molar refractivity (Wildman–Crippen MR) is 87.0 cm³/mol. The monoisotopic (exact) mass is 298 g/mol. The van der Waals surface area contributed by atoms with Crippen LogP contribution in [-0.4, -0.2) is 24.5 Å². The molecule has 1 amide bonds. The third-order valence-electron chi connectivity index (χ3n) is 3.62. The van der Waals surface area contributed by atoms with Crippen LogP contribution < -0.4 is 10.1 Å². The molecule has 116 valence electrons. The second kappa shape index (κ2) is 8.17. The maximum Gasteiger partial charge on any atom is 0.220 e. The molecule has 4 nitrogen and oxygen atoms in total. The lowest BCUT2D eigenvalue weighted by atomic mass is 9.99. The topological polar surface area (TPSA) is 51.2 Å². The Labute approximate surface area is 131 Å². The van der Waals surface area contributed by atoms with Gasteiger partial charge in [0.05, 0.1) is 7.11 Å². The Morgan fingerprint density at radius 2 is 2.18 bits per heavy atom. The van der Waals surface area contributed by atoms with Crippen molar-refractivity contribution in [3.8, 4) is 5.75 Å². The number of rotatable bonds is 7. The summed E-state index contributed by atoms with van der Waals surface area (Å²) in [5, 5.41) is 2.97. The van der Waals surface area contributed by atoms with Crippen molar-refractivity contribution in [2.75, 3.05) is 13.7 Å². The van der Waals surface area contributed by atoms with E-state index in [1.807, 2.05) is 49.5 Å². The van der Waals surface area contributed by atoms with Crippen LogP contribution >= 0.6 is 0 Å². The molecule has 0 aliphatic heterocycles. The molecular formula is C18H22N2O2. The molecule has 0 saturated carbocycles. The number of methoxy groups -OCH3 is 1. The number of carbonyl (C=O) groups is 1. The minimum absolute atomic E-state index is 0.0687. The fourth-order valence-corrected chi connectivity index (χ4v) is 2.31. The van der Waals surface area contributed by atoms with E-state index in [2.05, 4.69) is 10.3 Å². The van der Waals surface area contributed by atoms with Crippen molar-refractivity contribution < 1.29 is 9.53 Å². The van der Waals surface area contributed by atoms with Crippen LogP contribution in [0.1, 0.15) is 30.4 Å². The van der Waals surface area contributed by atoms with Gasteiger partial charge in [0.15, 0.2) is 0 Å². The predicted octanol–water partition coefficient (Wildman–Crippen LogP) is 2.94. The number of hydrogen-bond acceptors (Lipinski definition) is 3. The Bertz CT molecular complexity index is 599. The molecule has 0 fully saturated rings. The molecule has 22 heavy (non-hydrogen) atoms. The van der Waals surface area contributed by atoms with E-state index in [4.69, 9.17) is 4.74 Å². The molecule has 0 bridgehead atoms. The van der Waals surface area contributed by atoms with Crippen LogP contribution in [0.3, 0.4) is 0 Å². The average molecular weight is 298 g/mol. The highest BCUT2D eigenvalue weighted by Crippen LogP contribution is 2.17. The molecule has 0 aliphatic carbocycles. The second-order valence-electron chi connectivity index (χ2n) is 5.34. The van der Waals surface area contributed by atoms with Gasteiger partial charge in [0.1, 0.15) is 5.75 Å². The Hall–Kier alpha value is -2.36. The van der Waals surface area contributed by atoms with E-state index in [1.165, 1.54) is 0 Å². The summed E-state index contributed by atoms with van der Waals surface area (Å²) >= 11 is 0. The summed E-state index contributed by atoms with van der Waals surface area (Å²) in [6.07, 6.45) is 4.83. The van der Waals surface area contributed by atoms with E-state index in [1.54, 1.807) is 13.3 Å². The highest BCUT2D eigenvalue weighted by Gasteiger charge is 2.10. The lowest BCUT2D eigenvalue weighted by Crippen LogP contribution is -2.26. The number of aromatic nitrogens is 1. The number of pyridine rings is 1. The van der Waals surface area contributed by atoms with Gasteiger partial charge in [-0.25, -0.2) is 0 Å². The molecule has 1 N–H and O–H groups in total. The molecule has 1 aromatic heterocycles. The van der Waals surface area contributed by atoms with Gasteiger partial charge in [0.25, 0.3) is 0 Å². The number of nitrogens with one attached hydrogen (secondary N) is 1. The van der Waals surface area contributed by atoms with Gasteiger partial charge in [0, 0.05) is 25.4 Å². The molecule has 4 heteroatoms. The van der Waals surface area contributed by atoms with Crippen molar-refractivity contribution in [1.29, 1.82) is 0 Å². The summed E-state index contributed by atoms with van der Waals surface area (Å²) in [7, 11) is 1.65. The third kappa shape index (κ3) is 4.88. The van der Waals surface area contributed by atoms with Crippen LogP contribution in [0.2, 0.25) is 0 Å². The highest BCUT2D eigenvalue weighted by molar-refractivity contribution is 5.76. The maximum atomic E-state index is 12.0. The van der Waals surface area contributed by atoms with E-state index in [0.29, 0.717) is 13.0 Å². The minimum atomic E-state index is 0.0687. The van der Waals surface area contributed by atoms with E-state index >= 15 is 0 Å². The molecule has 1 unspecified atom stereocenters. The molecule has 2 aromatic rings. The summed E-state index contributed by atoms with van der Waals surface area (Å²) in [6.45, 7) is 2.67. The number of carbonyl (C=O) groups excluding carboxylic acids is 1. The normalized spacial score (nSPS) is 11.7. The van der Waals surface area contributed by atoms with Crippen molar-refractivity contribution in [3.05, 3.63) is 59.9 Å². The smallest absolute Gasteiger partial charge is 0.220 e. The van der Waals surface area contributed by atoms with Gasteiger partial charge in [-0.2, -0.15) is 0 Å². The zero-order valence-corrected chi connectivity index (χ0v) is 13.1. The average Bonchev–Trinajstić information content (AvgIpc) is 2.56. The second-order valence-corrected chi connectivity index (χ2v) is 5.34. The lowest BCUT2D eigenvalue weighted by Gasteiger charge is -2.11. The third-order valence-corrected chi connectivity index (χ3v) is 3.62. The van der Waals surface area contributed by atoms with E-state index < -0.39 is 0 Å². The summed E-state index contributed by atoms with van der Waals surface area (Å²) in [4.78, 5) is 16.1. The fourth-order valence-electron chi connectivity index (χ4n) is 2.31. The molecule has 0 aliphatic rings. The van der Waals surface area contributed by atoms with Crippen molar-refractivity contribution >= 4 is 5.91 Å². The Morgan fingerprint density at radius 1 is 1.32 bits per heavy atom. The molecule has 1 aromatic carbocycles. The first-order valence-corrected chi connectivity index (χ1v) is 7.48. The van der Waals surface area contributed by atoms with Crippen LogP contribution in [0.15, 0.2) is 48.8 Å². The van der Waals surface area contributed by atoms with Crippen LogP contribution in [-0.2, 0) is 11.2 Å². The van der Waals surface area contributed by atoms with E-state index in [0.717, 1.165) is 23.3 Å². The van der Waals surface area contributed by atoms with Crippen molar-refractivity contribution in [3.63, 3.8) is 0 Å². The van der Waals surface area contributed by atoms with Crippen LogP contribution in [0.5, 0.6) is 5.75 Å². The van der Waals surface area contributed by atoms with E-state index in [9.17, 15) is 4.79 Å². The zero-order valence-electron chi connectivity index (χ0n) is 13.1. The molecule has 0 radical (unpaired) electrons. The molecular weight excluding hydrogens is 276 g/mol. The van der Waals surface area contributed by atoms with Gasteiger partial charge >= 0.3 is 0 Å². The zero-order chi connectivity index (χ0) is 15.8. The first kappa shape index (κ1) is 16.0. The summed E-state index contributed by atoms with van der Waals surface area (Å²) in [5.41, 5.74) is 2.24. The van der Waals surface area contributed by atoms with Gasteiger partial charge < -0.3 is 10.1 Å². The first-order chi connectivity index (χ1) is 10.7. The fraction of sp³-hybridized carbons (Fsp3) is 0.333. The standard InChI is InChI=1S/C18H22N2O2/c1-14(16-6-4-9-19-13-16)11-18(21)20-10-8-15-5-3-7-17(12-15)22-2/h3-7,9,12-14H,8,10-11H2,1-2H3,(H,20,21). The van der Waals surface area contributed by atoms with Crippen LogP contribution in [0.4, 0.5) is 0 Å². The van der Waals surface area contributed by atoms with Gasteiger partial charge in [0.2, 0.25) is 5.91 Å². The summed E-state index contributed by atoms with van der Waals surface area (Å²) in [5.74, 6) is 1.08. The number of ether oxygens (including phenoxy) is 1. The number of amides is 1. The Balaban J connectivity index is 1.76. The van der Waals surface area contributed by atoms with Crippen molar-refractivity contribution in [1.82, 2.24) is 10.3 Å². The van der Waals surface area contributed by atoms with Gasteiger partial charge in [-0.3, -0.25) is 9.78 Å². The lowest BCUT2D eigenvalue weighted by molar-refractivity contribution is -0.121. The number of hydrogen-bond donors (Lipinski definition) is 1. The van der Waals surface area contributed by atoms with Crippen LogP contribution in [0.25, 0.3) is 0 Å². The van der Waals surface area contributed by atoms with Gasteiger partial charge in [-0.1, -0.05) is 25.1 Å². The van der Waals surface area contributed by atoms with Crippen molar-refractivity contribution in [2.24, 2.45) is 0 Å². The number of benzene rings is 1. The van der Waals surface area contributed by atoms with Crippen molar-refractivity contribution in [2.45, 2.75) is 25.7 Å². The summed E-state index contributed by atoms with van der Waals surface area (Å²) in [6, 6.07) is 11.8. The minimum Gasteiger partial charge on any atom is -0.497 e.